The van der Waals surface area contributed by atoms with Gasteiger partial charge >= 0.3 is 6.09 Å². The predicted molar refractivity (Wildman–Crippen MR) is 48.1 cm³/mol. The van der Waals surface area contributed by atoms with Crippen molar-refractivity contribution >= 4 is 18.7 Å². The minimum Gasteiger partial charge on any atom is -0.465 e. The van der Waals surface area contributed by atoms with E-state index in [4.69, 9.17) is 5.11 Å². The van der Waals surface area contributed by atoms with Gasteiger partial charge in [0.2, 0.25) is 0 Å². The highest BCUT2D eigenvalue weighted by Gasteiger charge is 2.16. The zero-order chi connectivity index (χ0) is 8.85. The molecule has 3 nitrogen and oxygen atoms in total. The first-order valence-corrected chi connectivity index (χ1v) is 4.32. The van der Waals surface area contributed by atoms with Gasteiger partial charge in [-0.1, -0.05) is 13.3 Å². The highest BCUT2D eigenvalue weighted by Crippen LogP contribution is 2.10. The first kappa shape index (κ1) is 10.6. The maximum atomic E-state index is 10.5. The normalized spacial score (nSPS) is 12.6. The Kier molecular flexibility index (Phi) is 5.11. The summed E-state index contributed by atoms with van der Waals surface area (Å²) in [6, 6.07) is 0. The molecule has 0 bridgehead atoms. The van der Waals surface area contributed by atoms with Gasteiger partial charge in [-0.15, -0.1) is 0 Å². The minimum absolute atomic E-state index is 0.150. The average molecular weight is 177 g/mol. The molecule has 0 aliphatic carbocycles. The van der Waals surface area contributed by atoms with Gasteiger partial charge in [0.1, 0.15) is 0 Å². The van der Waals surface area contributed by atoms with Gasteiger partial charge in [0.15, 0.2) is 0 Å². The molecule has 1 N–H and O–H groups in total. The van der Waals surface area contributed by atoms with Crippen LogP contribution in [0, 0.1) is 0 Å². The third kappa shape index (κ3) is 3.51. The van der Waals surface area contributed by atoms with Crippen LogP contribution in [0.3, 0.4) is 0 Å². The number of hydrogen-bond donors (Lipinski definition) is 2. The van der Waals surface area contributed by atoms with Crippen molar-refractivity contribution in [1.82, 2.24) is 4.90 Å². The third-order valence-corrected chi connectivity index (χ3v) is 2.03. The Labute approximate surface area is 72.8 Å². The summed E-state index contributed by atoms with van der Waals surface area (Å²) in [5, 5.41) is 8.50. The lowest BCUT2D eigenvalue weighted by Gasteiger charge is -2.23. The van der Waals surface area contributed by atoms with Gasteiger partial charge in [0.05, 0.1) is 5.37 Å². The van der Waals surface area contributed by atoms with Crippen molar-refractivity contribution in [2.24, 2.45) is 0 Å². The van der Waals surface area contributed by atoms with Crippen LogP contribution in [0.4, 0.5) is 4.79 Å². The first-order valence-electron chi connectivity index (χ1n) is 3.81. The maximum absolute atomic E-state index is 10.5. The molecule has 0 fully saturated rings. The fourth-order valence-corrected chi connectivity index (χ4v) is 1.41. The van der Waals surface area contributed by atoms with Crippen LogP contribution in [-0.4, -0.2) is 28.0 Å². The lowest BCUT2D eigenvalue weighted by molar-refractivity contribution is 0.142. The molecule has 0 aromatic carbocycles. The van der Waals surface area contributed by atoms with Crippen LogP contribution < -0.4 is 0 Å². The van der Waals surface area contributed by atoms with Crippen LogP contribution in [0.25, 0.3) is 0 Å². The standard InChI is InChI=1S/C7H15NO2S/c1-3-5-6(11)8(4-2)7(9)10/h6,11H,3-5H2,1-2H3,(H,9,10). The molecule has 0 spiro atoms. The number of thiol groups is 1. The molecule has 0 rings (SSSR count). The fourth-order valence-electron chi connectivity index (χ4n) is 0.888. The summed E-state index contributed by atoms with van der Waals surface area (Å²) in [6.07, 6.45) is 0.877. The van der Waals surface area contributed by atoms with Crippen LogP contribution >= 0.6 is 12.6 Å². The smallest absolute Gasteiger partial charge is 0.408 e. The lowest BCUT2D eigenvalue weighted by Crippen LogP contribution is -2.35. The van der Waals surface area contributed by atoms with E-state index in [9.17, 15) is 4.79 Å². The van der Waals surface area contributed by atoms with Gasteiger partial charge in [-0.05, 0) is 13.3 Å². The Morgan fingerprint density at radius 1 is 1.64 bits per heavy atom. The van der Waals surface area contributed by atoms with E-state index in [0.717, 1.165) is 12.8 Å². The maximum Gasteiger partial charge on any atom is 0.408 e. The van der Waals surface area contributed by atoms with Crippen LogP contribution in [0.2, 0.25) is 0 Å². The molecule has 0 aromatic heterocycles. The van der Waals surface area contributed by atoms with Crippen LogP contribution in [-0.2, 0) is 0 Å². The van der Waals surface area contributed by atoms with Crippen LogP contribution in [0.15, 0.2) is 0 Å². The molecule has 1 atom stereocenters. The van der Waals surface area contributed by atoms with Crippen molar-refractivity contribution < 1.29 is 9.90 Å². The number of rotatable bonds is 4. The zero-order valence-corrected chi connectivity index (χ0v) is 7.84. The molecule has 0 radical (unpaired) electrons. The summed E-state index contributed by atoms with van der Waals surface area (Å²) in [4.78, 5) is 11.8. The average Bonchev–Trinajstić information content (AvgIpc) is 1.88. The lowest BCUT2D eigenvalue weighted by atomic mass is 10.3. The van der Waals surface area contributed by atoms with E-state index in [-0.39, 0.29) is 5.37 Å². The number of carbonyl (C=O) groups is 1. The van der Waals surface area contributed by atoms with Crippen molar-refractivity contribution in [2.75, 3.05) is 6.54 Å². The molecule has 1 unspecified atom stereocenters. The van der Waals surface area contributed by atoms with E-state index >= 15 is 0 Å². The molecule has 0 aliphatic rings. The fraction of sp³-hybridized carbons (Fsp3) is 0.857. The molecule has 1 amide bonds. The molecule has 0 saturated heterocycles. The van der Waals surface area contributed by atoms with Crippen LogP contribution in [0.5, 0.6) is 0 Å². The van der Waals surface area contributed by atoms with Crippen molar-refractivity contribution in [1.29, 1.82) is 0 Å². The molecule has 11 heavy (non-hydrogen) atoms. The Hall–Kier alpha value is -0.380. The molecule has 66 valence electrons. The molecule has 4 heteroatoms. The van der Waals surface area contributed by atoms with E-state index in [0.29, 0.717) is 6.54 Å². The summed E-state index contributed by atoms with van der Waals surface area (Å²) in [7, 11) is 0. The van der Waals surface area contributed by atoms with E-state index in [1.54, 1.807) is 0 Å². The Bertz CT molecular complexity index is 130. The summed E-state index contributed by atoms with van der Waals surface area (Å²) < 4.78 is 0. The minimum atomic E-state index is -0.888. The number of nitrogens with zero attached hydrogens (tertiary/aromatic N) is 1. The van der Waals surface area contributed by atoms with Gasteiger partial charge in [-0.25, -0.2) is 4.79 Å². The molecular formula is C7H15NO2S. The Morgan fingerprint density at radius 2 is 2.18 bits per heavy atom. The van der Waals surface area contributed by atoms with Gasteiger partial charge in [-0.2, -0.15) is 12.6 Å². The topological polar surface area (TPSA) is 40.5 Å². The molecular weight excluding hydrogens is 162 g/mol. The van der Waals surface area contributed by atoms with Gasteiger partial charge in [0, 0.05) is 6.54 Å². The number of hydrogen-bond acceptors (Lipinski definition) is 2. The highest BCUT2D eigenvalue weighted by molar-refractivity contribution is 7.80. The second-order valence-electron chi connectivity index (χ2n) is 2.34. The number of amides is 1. The van der Waals surface area contributed by atoms with Gasteiger partial charge < -0.3 is 5.11 Å². The monoisotopic (exact) mass is 177 g/mol. The van der Waals surface area contributed by atoms with E-state index in [1.807, 2.05) is 13.8 Å². The van der Waals surface area contributed by atoms with Crippen molar-refractivity contribution in [3.63, 3.8) is 0 Å². The summed E-state index contributed by atoms with van der Waals surface area (Å²) in [6.45, 7) is 4.33. The summed E-state index contributed by atoms with van der Waals surface area (Å²) in [5.41, 5.74) is 0. The largest absolute Gasteiger partial charge is 0.465 e. The van der Waals surface area contributed by atoms with Crippen molar-refractivity contribution in [3.05, 3.63) is 0 Å². The van der Waals surface area contributed by atoms with E-state index < -0.39 is 6.09 Å². The summed E-state index contributed by atoms with van der Waals surface area (Å²) in [5.74, 6) is 0. The molecule has 0 aliphatic heterocycles. The van der Waals surface area contributed by atoms with Crippen molar-refractivity contribution in [3.8, 4) is 0 Å². The zero-order valence-electron chi connectivity index (χ0n) is 6.95. The second kappa shape index (κ2) is 5.29. The van der Waals surface area contributed by atoms with Crippen molar-refractivity contribution in [2.45, 2.75) is 32.1 Å². The molecule has 0 aromatic rings. The predicted octanol–water partition coefficient (Wildman–Crippen LogP) is 2.04. The molecule has 0 heterocycles. The van der Waals surface area contributed by atoms with Gasteiger partial charge in [-0.3, -0.25) is 4.90 Å². The molecule has 0 saturated carbocycles. The quantitative estimate of drug-likeness (QED) is 0.509. The SMILES string of the molecule is CCCC(S)N(CC)C(=O)O. The number of carboxylic acid groups (broad SMARTS) is 1. The first-order chi connectivity index (χ1) is 5.13. The van der Waals surface area contributed by atoms with Gasteiger partial charge in [0.25, 0.3) is 0 Å². The van der Waals surface area contributed by atoms with E-state index in [1.165, 1.54) is 4.90 Å². The highest BCUT2D eigenvalue weighted by atomic mass is 32.1. The second-order valence-corrected chi connectivity index (χ2v) is 2.93. The summed E-state index contributed by atoms with van der Waals surface area (Å²) >= 11 is 4.17. The van der Waals surface area contributed by atoms with E-state index in [2.05, 4.69) is 12.6 Å². The Balaban J connectivity index is 3.91. The Morgan fingerprint density at radius 3 is 2.45 bits per heavy atom. The third-order valence-electron chi connectivity index (χ3n) is 1.49. The van der Waals surface area contributed by atoms with Crippen LogP contribution in [0.1, 0.15) is 26.7 Å².